The number of aliphatic hydroxyl groups excluding tert-OH is 3. The second kappa shape index (κ2) is 32.6. The van der Waals surface area contributed by atoms with E-state index in [2.05, 4.69) is 26.2 Å². The van der Waals surface area contributed by atoms with Gasteiger partial charge in [-0.2, -0.15) is 11.8 Å². The number of piperidine rings is 5. The van der Waals surface area contributed by atoms with Crippen molar-refractivity contribution in [3.05, 3.63) is 65.7 Å². The highest BCUT2D eigenvalue weighted by Gasteiger charge is 2.51. The van der Waals surface area contributed by atoms with E-state index < -0.39 is 137 Å². The van der Waals surface area contributed by atoms with E-state index in [0.717, 1.165) is 49.9 Å². The number of hydrogen-bond acceptors (Lipinski definition) is 19. The van der Waals surface area contributed by atoms with Crippen molar-refractivity contribution in [2.24, 2.45) is 23.7 Å². The van der Waals surface area contributed by atoms with Crippen molar-refractivity contribution < 1.29 is 67.9 Å². The predicted octanol–water partition coefficient (Wildman–Crippen LogP) is 1.93. The second-order valence-corrected chi connectivity index (χ2v) is 29.8. The van der Waals surface area contributed by atoms with Crippen molar-refractivity contribution in [3.8, 4) is 0 Å². The molecular weight excluding hydrogens is 1270 g/mol. The number of carbonyl (C=O) groups excluding carboxylic acids is 9. The first-order valence-corrected chi connectivity index (χ1v) is 36.2. The van der Waals surface area contributed by atoms with Gasteiger partial charge < -0.3 is 75.5 Å². The molecular formula is C67H97ClN10O14S2. The molecule has 24 nitrogen and oxygen atoms in total. The normalized spacial score (nSPS) is 34.0. The van der Waals surface area contributed by atoms with E-state index in [4.69, 9.17) is 21.1 Å². The van der Waals surface area contributed by atoms with E-state index >= 15 is 14.4 Å². The molecule has 2 aromatic carbocycles. The van der Waals surface area contributed by atoms with Crippen LogP contribution in [0.25, 0.3) is 0 Å². The number of aliphatic hydroxyl groups is 3. The van der Waals surface area contributed by atoms with E-state index in [-0.39, 0.29) is 81.5 Å². The molecule has 10 rings (SSSR count). The maximum atomic E-state index is 15.9. The second-order valence-electron chi connectivity index (χ2n) is 26.9. The lowest BCUT2D eigenvalue weighted by Crippen LogP contribution is -2.65. The van der Waals surface area contributed by atoms with E-state index in [9.17, 15) is 44.1 Å². The highest BCUT2D eigenvalue weighted by atomic mass is 35.5. The van der Waals surface area contributed by atoms with Gasteiger partial charge in [-0.05, 0) is 107 Å². The topological polar surface area (TPSA) is 300 Å². The molecule has 2 aromatic rings. The van der Waals surface area contributed by atoms with Gasteiger partial charge in [0.25, 0.3) is 0 Å². The zero-order valence-electron chi connectivity index (χ0n) is 55.3. The van der Waals surface area contributed by atoms with Gasteiger partial charge in [0.05, 0.1) is 17.3 Å². The van der Waals surface area contributed by atoms with Gasteiger partial charge in [-0.25, -0.2) is 4.79 Å². The van der Waals surface area contributed by atoms with Crippen molar-refractivity contribution in [2.75, 3.05) is 90.4 Å². The summed E-state index contributed by atoms with van der Waals surface area (Å²) in [6.45, 7) is 10.6. The number of ketones is 1. The minimum absolute atomic E-state index is 0.0111. The molecule has 2 bridgehead atoms. The third-order valence-electron chi connectivity index (χ3n) is 20.4. The van der Waals surface area contributed by atoms with Gasteiger partial charge in [0.2, 0.25) is 41.4 Å². The summed E-state index contributed by atoms with van der Waals surface area (Å²) in [4.78, 5) is 145. The molecule has 0 saturated carbocycles. The van der Waals surface area contributed by atoms with Crippen molar-refractivity contribution in [2.45, 2.75) is 181 Å². The number of likely N-dealkylation sites (tertiary alicyclic amines) is 1. The summed E-state index contributed by atoms with van der Waals surface area (Å²) in [7, 11) is 5.33. The van der Waals surface area contributed by atoms with Crippen LogP contribution in [-0.2, 0) is 59.0 Å². The summed E-state index contributed by atoms with van der Waals surface area (Å²) < 4.78 is 12.2. The molecule has 8 heterocycles. The summed E-state index contributed by atoms with van der Waals surface area (Å²) in [6, 6.07) is 6.63. The fourth-order valence-electron chi connectivity index (χ4n) is 14.6. The van der Waals surface area contributed by atoms with Gasteiger partial charge in [0, 0.05) is 102 Å². The quantitative estimate of drug-likeness (QED) is 0.0829. The number of ether oxygens (including phenoxy) is 2. The first kappa shape index (κ1) is 72.7. The Morgan fingerprint density at radius 3 is 2.17 bits per heavy atom. The summed E-state index contributed by atoms with van der Waals surface area (Å²) in [5.41, 5.74) is 0.988. The van der Waals surface area contributed by atoms with Crippen LogP contribution in [0.4, 0.5) is 5.69 Å². The lowest BCUT2D eigenvalue weighted by Gasteiger charge is -2.45. The molecule has 8 aliphatic rings. The maximum absolute atomic E-state index is 15.9. The van der Waals surface area contributed by atoms with Crippen molar-refractivity contribution in [3.63, 3.8) is 0 Å². The molecule has 0 aromatic heterocycles. The zero-order valence-corrected chi connectivity index (χ0v) is 57.7. The summed E-state index contributed by atoms with van der Waals surface area (Å²) in [5, 5.41) is 43.2. The number of halogens is 1. The lowest BCUT2D eigenvalue weighted by atomic mass is 9.86. The molecule has 27 heteroatoms. The molecule has 518 valence electrons. The van der Waals surface area contributed by atoms with Gasteiger partial charge in [0.15, 0.2) is 6.04 Å². The van der Waals surface area contributed by atoms with Gasteiger partial charge in [-0.3, -0.25) is 38.4 Å². The molecule has 8 fully saturated rings. The number of esters is 1. The molecule has 18 atom stereocenters. The maximum Gasteiger partial charge on any atom is 0.333 e. The number of thioether (sulfide) groups is 2. The van der Waals surface area contributed by atoms with E-state index in [1.807, 2.05) is 55.1 Å². The monoisotopic (exact) mass is 1360 g/mol. The first-order chi connectivity index (χ1) is 44.9. The fourth-order valence-corrected chi connectivity index (χ4v) is 17.1. The van der Waals surface area contributed by atoms with Gasteiger partial charge in [0.1, 0.15) is 71.9 Å². The van der Waals surface area contributed by atoms with Gasteiger partial charge >= 0.3 is 5.97 Å². The average Bonchev–Trinajstić information content (AvgIpc) is 1.05. The number of anilines is 1. The number of amides is 7. The number of rotatable bonds is 18. The Kier molecular flexibility index (Phi) is 25.2. The molecule has 8 saturated heterocycles. The molecule has 7 unspecified atom stereocenters. The molecule has 8 aliphatic heterocycles. The van der Waals surface area contributed by atoms with E-state index in [0.29, 0.717) is 48.3 Å². The van der Waals surface area contributed by atoms with Crippen LogP contribution in [0.2, 0.25) is 0 Å². The minimum atomic E-state index is -1.64. The SMILES string of the molecule is CCC1CC(C(=O)NC(C(C)Cl)C2O[C@H](SC)C(O)[C@H](O)[C@H]2O)CN(CCC(=O)N[C@@H]2C(=O)N[C@@H](CC)C(=O)N3CCC[C@H]3C(=O)N(C)[C@@H](Cc3ccc(N(C)C)cc3)C(=O)N3C[C@@H](CSC4CN5CCC4CC5)C(=O)C[C@H]3C(=O)N[C@@H](c3ccccc3)C(=O)O[C@@H]2C)C1. The fraction of sp³-hybridized carbons (Fsp3) is 0.687. The Labute approximate surface area is 565 Å². The number of carbonyl (C=O) groups is 9. The van der Waals surface area contributed by atoms with Crippen molar-refractivity contribution in [1.29, 1.82) is 0 Å². The van der Waals surface area contributed by atoms with Crippen LogP contribution >= 0.6 is 35.1 Å². The Bertz CT molecular complexity index is 3000. The number of likely N-dealkylation sites (N-methyl/N-ethyl adjacent to an activating group) is 1. The van der Waals surface area contributed by atoms with E-state index in [1.165, 1.54) is 28.7 Å². The van der Waals surface area contributed by atoms with Crippen LogP contribution in [-0.4, -0.2) is 261 Å². The first-order valence-electron chi connectivity index (χ1n) is 33.4. The minimum Gasteiger partial charge on any atom is -0.458 e. The smallest absolute Gasteiger partial charge is 0.333 e. The number of nitrogens with zero attached hydrogens (tertiary/aromatic N) is 6. The molecule has 0 aliphatic carbocycles. The van der Waals surface area contributed by atoms with Crippen LogP contribution in [0.1, 0.15) is 103 Å². The highest BCUT2D eigenvalue weighted by Crippen LogP contribution is 2.38. The molecule has 0 spiro atoms. The Morgan fingerprint density at radius 2 is 1.53 bits per heavy atom. The lowest BCUT2D eigenvalue weighted by molar-refractivity contribution is -0.205. The van der Waals surface area contributed by atoms with Crippen LogP contribution < -0.4 is 26.2 Å². The van der Waals surface area contributed by atoms with Gasteiger partial charge in [-0.15, -0.1) is 23.4 Å². The van der Waals surface area contributed by atoms with Crippen LogP contribution in [0.3, 0.4) is 0 Å². The van der Waals surface area contributed by atoms with Gasteiger partial charge in [-0.1, -0.05) is 62.7 Å². The van der Waals surface area contributed by atoms with Crippen molar-refractivity contribution >= 4 is 93.9 Å². The van der Waals surface area contributed by atoms with Crippen LogP contribution in [0, 0.1) is 23.7 Å². The number of hydrogen-bond donors (Lipinski definition) is 7. The van der Waals surface area contributed by atoms with Crippen LogP contribution in [0.5, 0.6) is 0 Å². The zero-order chi connectivity index (χ0) is 67.8. The van der Waals surface area contributed by atoms with Crippen molar-refractivity contribution in [1.82, 2.24) is 45.8 Å². The van der Waals surface area contributed by atoms with E-state index in [1.54, 1.807) is 62.2 Å². The number of fused-ring (bicyclic) bond motifs is 5. The molecule has 7 N–H and O–H groups in total. The average molecular weight is 1370 g/mol. The summed E-state index contributed by atoms with van der Waals surface area (Å²) >= 11 is 9.50. The number of Topliss-reactive ketones (excluding diaryl/α,β-unsaturated/α-hetero) is 1. The third-order valence-corrected chi connectivity index (χ3v) is 23.1. The largest absolute Gasteiger partial charge is 0.458 e. The molecule has 0 radical (unpaired) electrons. The summed E-state index contributed by atoms with van der Waals surface area (Å²) in [6.07, 6.45) is -1.92. The number of alkyl halides is 1. The standard InChI is InChI=1S/C67H97ClN10O14S2/c1-9-39-29-43(60(84)71-53(37(3)68)59-57(82)56(81)58(83)67(92-59)93-8)33-76(32-39)28-24-52(80)70-54-38(4)91-66(90)55(42-15-12-11-13-16-42)72-61(85)48-31-50(79)44(36-94-51-35-75-26-22-41(51)23-27-75)34-78(48)65(89)49(30-40-18-20-45(21-19-40)73(5)6)74(7)64(88)47-17-14-25-77(47)63(87)46(10-2)69-62(54)86/h11-13,15-16,18-21,37-39,41,43-44,46-49,51,53-59,67,81-83H,9-10,14,17,22-36H2,1-8H3,(H,69,86)(H,70,80)(H,71,84)(H,72,85)/t37?,38-,39?,43?,44+,46+,47+,48+,49+,51?,53?,54+,55+,56-,57-,58?,59?,67-/m1/s1. The van der Waals surface area contributed by atoms with Crippen LogP contribution in [0.15, 0.2) is 54.6 Å². The highest BCUT2D eigenvalue weighted by molar-refractivity contribution is 8.00. The molecule has 7 amide bonds. The Hall–Kier alpha value is -5.58. The summed E-state index contributed by atoms with van der Waals surface area (Å²) in [5.74, 6) is -6.00. The number of cyclic esters (lactones) is 1. The number of nitrogens with one attached hydrogen (secondary N) is 4. The third kappa shape index (κ3) is 17.0. The predicted molar refractivity (Wildman–Crippen MR) is 357 cm³/mol. The molecule has 94 heavy (non-hydrogen) atoms. The Balaban J connectivity index is 0.994. The Morgan fingerprint density at radius 1 is 0.819 bits per heavy atom. The number of benzene rings is 2.